The molecule has 1 fully saturated rings. The highest BCUT2D eigenvalue weighted by molar-refractivity contribution is 5.96. The van der Waals surface area contributed by atoms with Crippen molar-refractivity contribution in [3.63, 3.8) is 0 Å². The first-order valence-corrected chi connectivity index (χ1v) is 11.6. The van der Waals surface area contributed by atoms with E-state index in [1.165, 1.54) is 0 Å². The number of methoxy groups -OCH3 is 1. The molecule has 0 bridgehead atoms. The summed E-state index contributed by atoms with van der Waals surface area (Å²) in [6.45, 7) is 4.69. The van der Waals surface area contributed by atoms with Gasteiger partial charge in [0.15, 0.2) is 11.5 Å². The molecular formula is C27H27N5O3. The fourth-order valence-corrected chi connectivity index (χ4v) is 4.29. The van der Waals surface area contributed by atoms with Gasteiger partial charge >= 0.3 is 0 Å². The largest absolute Gasteiger partial charge is 0.493 e. The van der Waals surface area contributed by atoms with E-state index in [2.05, 4.69) is 26.3 Å². The summed E-state index contributed by atoms with van der Waals surface area (Å²) >= 11 is 0. The molecule has 8 heteroatoms. The van der Waals surface area contributed by atoms with E-state index in [0.29, 0.717) is 29.4 Å². The summed E-state index contributed by atoms with van der Waals surface area (Å²) in [5, 5.41) is 14.3. The van der Waals surface area contributed by atoms with Crippen molar-refractivity contribution in [2.24, 2.45) is 0 Å². The number of aromatic amines is 1. The number of benzene rings is 2. The standard InChI is InChI=1S/C27H27N5O3/c1-33-25-6-5-19(15-26(25)35-14-11-32-9-12-34-13-10-32)22-18-29-17-20(16-28)27(22)31-24-4-2-3-23-21(24)7-8-30-23/h2-8,15,17-18,30H,9-14H2,1H3,(H,29,31). The minimum atomic E-state index is 0.459. The zero-order valence-corrected chi connectivity index (χ0v) is 19.6. The number of fused-ring (bicyclic) bond motifs is 1. The van der Waals surface area contributed by atoms with Gasteiger partial charge in [0, 0.05) is 60.4 Å². The monoisotopic (exact) mass is 469 g/mol. The van der Waals surface area contributed by atoms with Gasteiger partial charge in [-0.15, -0.1) is 0 Å². The maximum atomic E-state index is 9.82. The minimum absolute atomic E-state index is 0.459. The Balaban J connectivity index is 1.45. The number of hydrogen-bond acceptors (Lipinski definition) is 7. The fourth-order valence-electron chi connectivity index (χ4n) is 4.29. The van der Waals surface area contributed by atoms with Crippen LogP contribution in [-0.2, 0) is 4.74 Å². The van der Waals surface area contributed by atoms with Gasteiger partial charge in [0.25, 0.3) is 0 Å². The third-order valence-corrected chi connectivity index (χ3v) is 6.16. The molecule has 35 heavy (non-hydrogen) atoms. The van der Waals surface area contributed by atoms with Gasteiger partial charge in [-0.05, 0) is 35.9 Å². The number of anilines is 2. The van der Waals surface area contributed by atoms with Crippen molar-refractivity contribution in [1.29, 1.82) is 5.26 Å². The number of morpholine rings is 1. The van der Waals surface area contributed by atoms with Gasteiger partial charge in [0.05, 0.1) is 31.6 Å². The third-order valence-electron chi connectivity index (χ3n) is 6.16. The number of nitriles is 1. The van der Waals surface area contributed by atoms with Crippen LogP contribution < -0.4 is 14.8 Å². The van der Waals surface area contributed by atoms with E-state index in [0.717, 1.165) is 60.6 Å². The Morgan fingerprint density at radius 1 is 1.14 bits per heavy atom. The second-order valence-corrected chi connectivity index (χ2v) is 8.26. The Morgan fingerprint density at radius 2 is 2.03 bits per heavy atom. The third kappa shape index (κ3) is 4.92. The number of aromatic nitrogens is 2. The van der Waals surface area contributed by atoms with Crippen LogP contribution >= 0.6 is 0 Å². The Morgan fingerprint density at radius 3 is 2.86 bits per heavy atom. The van der Waals surface area contributed by atoms with Crippen LogP contribution in [0.5, 0.6) is 11.5 Å². The fraction of sp³-hybridized carbons (Fsp3) is 0.259. The molecule has 4 aromatic rings. The summed E-state index contributed by atoms with van der Waals surface area (Å²) in [5.41, 5.74) is 4.76. The van der Waals surface area contributed by atoms with Crippen molar-refractivity contribution in [2.75, 3.05) is 51.9 Å². The number of pyridine rings is 1. The molecule has 2 N–H and O–H groups in total. The topological polar surface area (TPSA) is 95.4 Å². The van der Waals surface area contributed by atoms with Crippen molar-refractivity contribution in [2.45, 2.75) is 0 Å². The van der Waals surface area contributed by atoms with E-state index < -0.39 is 0 Å². The Labute approximate surface area is 204 Å². The summed E-state index contributed by atoms with van der Waals surface area (Å²) in [6.07, 6.45) is 5.24. The Hall–Kier alpha value is -4.06. The van der Waals surface area contributed by atoms with Gasteiger partial charge in [0.2, 0.25) is 0 Å². The molecule has 0 unspecified atom stereocenters. The lowest BCUT2D eigenvalue weighted by Gasteiger charge is -2.26. The molecule has 2 aromatic carbocycles. The van der Waals surface area contributed by atoms with Gasteiger partial charge in [-0.25, -0.2) is 0 Å². The van der Waals surface area contributed by atoms with Crippen molar-refractivity contribution in [3.05, 3.63) is 66.6 Å². The van der Waals surface area contributed by atoms with Crippen LogP contribution in [0.3, 0.4) is 0 Å². The highest BCUT2D eigenvalue weighted by Gasteiger charge is 2.16. The minimum Gasteiger partial charge on any atom is -0.493 e. The summed E-state index contributed by atoms with van der Waals surface area (Å²) in [4.78, 5) is 9.87. The summed E-state index contributed by atoms with van der Waals surface area (Å²) in [5.74, 6) is 1.31. The number of H-pyrrole nitrogens is 1. The van der Waals surface area contributed by atoms with E-state index in [-0.39, 0.29) is 0 Å². The van der Waals surface area contributed by atoms with E-state index >= 15 is 0 Å². The maximum absolute atomic E-state index is 9.82. The first kappa shape index (κ1) is 22.7. The molecule has 5 rings (SSSR count). The summed E-state index contributed by atoms with van der Waals surface area (Å²) < 4.78 is 17.1. The van der Waals surface area contributed by atoms with Crippen LogP contribution in [0.2, 0.25) is 0 Å². The molecule has 0 spiro atoms. The van der Waals surface area contributed by atoms with Crippen LogP contribution in [0.4, 0.5) is 11.4 Å². The van der Waals surface area contributed by atoms with Gasteiger partial charge in [-0.1, -0.05) is 12.1 Å². The van der Waals surface area contributed by atoms with Crippen molar-refractivity contribution < 1.29 is 14.2 Å². The van der Waals surface area contributed by atoms with Gasteiger partial charge in [-0.2, -0.15) is 5.26 Å². The van der Waals surface area contributed by atoms with E-state index in [9.17, 15) is 5.26 Å². The average Bonchev–Trinajstić information content (AvgIpc) is 3.39. The average molecular weight is 470 g/mol. The van der Waals surface area contributed by atoms with Crippen LogP contribution in [0.15, 0.2) is 61.1 Å². The van der Waals surface area contributed by atoms with Crippen LogP contribution in [0.1, 0.15) is 5.56 Å². The molecule has 1 aliphatic heterocycles. The highest BCUT2D eigenvalue weighted by atomic mass is 16.5. The lowest BCUT2D eigenvalue weighted by atomic mass is 10.0. The summed E-state index contributed by atoms with van der Waals surface area (Å²) in [7, 11) is 1.63. The van der Waals surface area contributed by atoms with Crippen molar-refractivity contribution in [1.82, 2.24) is 14.9 Å². The summed E-state index contributed by atoms with van der Waals surface area (Å²) in [6, 6.07) is 16.0. The highest BCUT2D eigenvalue weighted by Crippen LogP contribution is 2.38. The molecule has 3 heterocycles. The number of ether oxygens (including phenoxy) is 3. The molecule has 0 atom stereocenters. The van der Waals surface area contributed by atoms with E-state index in [1.54, 1.807) is 19.5 Å². The molecule has 178 valence electrons. The van der Waals surface area contributed by atoms with Crippen LogP contribution in [0.25, 0.3) is 22.0 Å². The van der Waals surface area contributed by atoms with Crippen molar-refractivity contribution in [3.8, 4) is 28.7 Å². The lowest BCUT2D eigenvalue weighted by molar-refractivity contribution is 0.0321. The second kappa shape index (κ2) is 10.5. The Bertz CT molecular complexity index is 1350. The van der Waals surface area contributed by atoms with Gasteiger partial charge in [-0.3, -0.25) is 9.88 Å². The molecule has 0 radical (unpaired) electrons. The van der Waals surface area contributed by atoms with Crippen LogP contribution in [-0.4, -0.2) is 61.4 Å². The van der Waals surface area contributed by atoms with E-state index in [1.807, 2.05) is 48.7 Å². The molecular weight excluding hydrogens is 442 g/mol. The van der Waals surface area contributed by atoms with Gasteiger partial charge in [0.1, 0.15) is 12.7 Å². The van der Waals surface area contributed by atoms with Gasteiger partial charge < -0.3 is 24.5 Å². The Kier molecular flexibility index (Phi) is 6.80. The SMILES string of the molecule is COc1ccc(-c2cncc(C#N)c2Nc2cccc3[nH]ccc23)cc1OCCN1CCOCC1. The zero-order chi connectivity index (χ0) is 24.0. The smallest absolute Gasteiger partial charge is 0.161 e. The molecule has 1 aliphatic rings. The molecule has 1 saturated heterocycles. The molecule has 8 nitrogen and oxygen atoms in total. The predicted molar refractivity (Wildman–Crippen MR) is 135 cm³/mol. The molecule has 0 saturated carbocycles. The normalized spacial score (nSPS) is 13.9. The number of rotatable bonds is 8. The number of nitrogens with one attached hydrogen (secondary N) is 2. The number of hydrogen-bond donors (Lipinski definition) is 2. The predicted octanol–water partition coefficient (Wildman–Crippen LogP) is 4.56. The van der Waals surface area contributed by atoms with Crippen LogP contribution in [0, 0.1) is 11.3 Å². The first-order valence-electron chi connectivity index (χ1n) is 11.6. The molecule has 0 aliphatic carbocycles. The van der Waals surface area contributed by atoms with Crippen molar-refractivity contribution >= 4 is 22.3 Å². The zero-order valence-electron chi connectivity index (χ0n) is 19.6. The molecule has 2 aromatic heterocycles. The molecule has 0 amide bonds. The van der Waals surface area contributed by atoms with E-state index in [4.69, 9.17) is 14.2 Å². The number of nitrogens with zero attached hydrogens (tertiary/aromatic N) is 3. The first-order chi connectivity index (χ1) is 17.3. The maximum Gasteiger partial charge on any atom is 0.161 e. The lowest BCUT2D eigenvalue weighted by Crippen LogP contribution is -2.38. The quantitative estimate of drug-likeness (QED) is 0.390. The second-order valence-electron chi connectivity index (χ2n) is 8.26.